The smallest absolute Gasteiger partial charge is 0.231 e. The lowest BCUT2D eigenvalue weighted by atomic mass is 10.0. The molecule has 0 aliphatic rings. The van der Waals surface area contributed by atoms with E-state index < -0.39 is 0 Å². The molecule has 10 rings (SSSR count). The van der Waals surface area contributed by atoms with E-state index in [0.29, 0.717) is 11.5 Å². The Labute approximate surface area is 261 Å². The molecule has 0 radical (unpaired) electrons. The fourth-order valence-electron chi connectivity index (χ4n) is 6.87. The quantitative estimate of drug-likeness (QED) is 0.205. The maximum absolute atomic E-state index is 6.32. The summed E-state index contributed by atoms with van der Waals surface area (Å²) in [7, 11) is 0. The third kappa shape index (κ3) is 3.59. The van der Waals surface area contributed by atoms with Crippen molar-refractivity contribution >= 4 is 75.4 Å². The van der Waals surface area contributed by atoms with Crippen LogP contribution in [0.5, 0.6) is 0 Å². The summed E-state index contributed by atoms with van der Waals surface area (Å²) < 4.78 is 11.3. The number of hydrogen-bond donors (Lipinski definition) is 0. The van der Waals surface area contributed by atoms with Gasteiger partial charge in [0.1, 0.15) is 5.58 Å². The van der Waals surface area contributed by atoms with E-state index in [1.165, 1.54) is 42.0 Å². The standard InChI is InChI=1S/C40H23N3OS/c1-2-11-24(12-3-1)39-41-37(36-29-16-5-8-19-32(29)44-40(36)42-39)25-13-10-14-26(23-25)43-31-18-7-4-15-27(31)28-21-22-34-35(38(28)43)30-17-6-9-20-33(30)45-34/h1-23H. The second kappa shape index (κ2) is 9.36. The molecule has 6 aromatic carbocycles. The number of nitrogens with zero attached hydrogens (tertiary/aromatic N) is 3. The van der Waals surface area contributed by atoms with Crippen LogP contribution < -0.4 is 0 Å². The first-order chi connectivity index (χ1) is 22.3. The molecular formula is C40H23N3OS. The fourth-order valence-corrected chi connectivity index (χ4v) is 7.98. The van der Waals surface area contributed by atoms with Crippen molar-refractivity contribution in [3.05, 3.63) is 140 Å². The van der Waals surface area contributed by atoms with Gasteiger partial charge in [0.05, 0.1) is 22.1 Å². The third-order valence-electron chi connectivity index (χ3n) is 8.82. The van der Waals surface area contributed by atoms with Crippen molar-refractivity contribution in [1.82, 2.24) is 14.5 Å². The summed E-state index contributed by atoms with van der Waals surface area (Å²) >= 11 is 1.85. The molecule has 0 saturated heterocycles. The summed E-state index contributed by atoms with van der Waals surface area (Å²) in [6.07, 6.45) is 0. The summed E-state index contributed by atoms with van der Waals surface area (Å²) in [6.45, 7) is 0. The molecule has 45 heavy (non-hydrogen) atoms. The summed E-state index contributed by atoms with van der Waals surface area (Å²) in [6, 6.07) is 49.0. The van der Waals surface area contributed by atoms with Crippen LogP contribution in [-0.4, -0.2) is 14.5 Å². The highest BCUT2D eigenvalue weighted by Gasteiger charge is 2.21. The molecule has 0 aliphatic carbocycles. The zero-order valence-corrected chi connectivity index (χ0v) is 24.8. The molecular weight excluding hydrogens is 571 g/mol. The molecule has 10 aromatic rings. The van der Waals surface area contributed by atoms with Crippen molar-refractivity contribution < 1.29 is 4.42 Å². The van der Waals surface area contributed by atoms with E-state index in [1.807, 2.05) is 59.9 Å². The van der Waals surface area contributed by atoms with Gasteiger partial charge in [-0.1, -0.05) is 103 Å². The van der Waals surface area contributed by atoms with Gasteiger partial charge in [-0.25, -0.2) is 4.98 Å². The van der Waals surface area contributed by atoms with E-state index in [-0.39, 0.29) is 0 Å². The largest absolute Gasteiger partial charge is 0.438 e. The Morgan fingerprint density at radius 1 is 0.533 bits per heavy atom. The Balaban J connectivity index is 1.30. The fraction of sp³-hybridized carbons (Fsp3) is 0. The Kier molecular flexibility index (Phi) is 5.12. The third-order valence-corrected chi connectivity index (χ3v) is 9.96. The van der Waals surface area contributed by atoms with Crippen LogP contribution in [0, 0.1) is 0 Å². The van der Waals surface area contributed by atoms with Crippen molar-refractivity contribution in [1.29, 1.82) is 0 Å². The van der Waals surface area contributed by atoms with E-state index in [2.05, 4.69) is 95.6 Å². The Bertz CT molecular complexity index is 2770. The Hall–Kier alpha value is -5.78. The van der Waals surface area contributed by atoms with Gasteiger partial charge in [-0.2, -0.15) is 4.98 Å². The van der Waals surface area contributed by atoms with Crippen molar-refractivity contribution in [2.24, 2.45) is 0 Å². The van der Waals surface area contributed by atoms with Crippen LogP contribution in [0.4, 0.5) is 0 Å². The molecule has 0 bridgehead atoms. The summed E-state index contributed by atoms with van der Waals surface area (Å²) in [5, 5.41) is 7.02. The first kappa shape index (κ1) is 24.6. The van der Waals surface area contributed by atoms with Crippen molar-refractivity contribution in [2.75, 3.05) is 0 Å². The highest BCUT2D eigenvalue weighted by molar-refractivity contribution is 7.26. The molecule has 4 nitrogen and oxygen atoms in total. The molecule has 0 saturated carbocycles. The topological polar surface area (TPSA) is 43.9 Å². The minimum atomic E-state index is 0.591. The van der Waals surface area contributed by atoms with Crippen LogP contribution >= 0.6 is 11.3 Å². The van der Waals surface area contributed by atoms with Crippen molar-refractivity contribution in [2.45, 2.75) is 0 Å². The maximum Gasteiger partial charge on any atom is 0.231 e. The molecule has 0 N–H and O–H groups in total. The lowest BCUT2D eigenvalue weighted by Gasteiger charge is -2.12. The van der Waals surface area contributed by atoms with Gasteiger partial charge in [-0.15, -0.1) is 11.3 Å². The van der Waals surface area contributed by atoms with Crippen LogP contribution in [0.3, 0.4) is 0 Å². The van der Waals surface area contributed by atoms with Crippen molar-refractivity contribution in [3.63, 3.8) is 0 Å². The molecule has 0 unspecified atom stereocenters. The second-order valence-corrected chi connectivity index (χ2v) is 12.5. The lowest BCUT2D eigenvalue weighted by molar-refractivity contribution is 0.653. The number of benzene rings is 6. The highest BCUT2D eigenvalue weighted by atomic mass is 32.1. The zero-order valence-electron chi connectivity index (χ0n) is 23.9. The van der Waals surface area contributed by atoms with Gasteiger partial charge in [0.25, 0.3) is 0 Å². The van der Waals surface area contributed by atoms with Gasteiger partial charge < -0.3 is 8.98 Å². The number of aromatic nitrogens is 3. The van der Waals surface area contributed by atoms with Gasteiger partial charge in [0.2, 0.25) is 5.71 Å². The summed E-state index contributed by atoms with van der Waals surface area (Å²) in [5.74, 6) is 0.644. The van der Waals surface area contributed by atoms with Gasteiger partial charge in [0, 0.05) is 53.1 Å². The first-order valence-corrected chi connectivity index (χ1v) is 15.8. The van der Waals surface area contributed by atoms with Gasteiger partial charge >= 0.3 is 0 Å². The average molecular weight is 594 g/mol. The number of fused-ring (bicyclic) bond motifs is 10. The molecule has 210 valence electrons. The molecule has 0 atom stereocenters. The predicted molar refractivity (Wildman–Crippen MR) is 187 cm³/mol. The van der Waals surface area contributed by atoms with Crippen LogP contribution in [-0.2, 0) is 0 Å². The minimum Gasteiger partial charge on any atom is -0.438 e. The van der Waals surface area contributed by atoms with Crippen LogP contribution in [0.1, 0.15) is 0 Å². The molecule has 0 amide bonds. The molecule has 0 spiro atoms. The molecule has 0 fully saturated rings. The Morgan fingerprint density at radius 2 is 1.29 bits per heavy atom. The monoisotopic (exact) mass is 593 g/mol. The number of rotatable bonds is 3. The van der Waals surface area contributed by atoms with E-state index in [9.17, 15) is 0 Å². The molecule has 4 aromatic heterocycles. The average Bonchev–Trinajstić information content (AvgIpc) is 3.77. The Morgan fingerprint density at radius 3 is 2.20 bits per heavy atom. The molecule has 0 aliphatic heterocycles. The van der Waals surface area contributed by atoms with E-state index in [1.54, 1.807) is 0 Å². The van der Waals surface area contributed by atoms with Gasteiger partial charge in [0.15, 0.2) is 5.82 Å². The number of thiophene rings is 1. The lowest BCUT2D eigenvalue weighted by Crippen LogP contribution is -1.97. The van der Waals surface area contributed by atoms with Gasteiger partial charge in [-0.05, 0) is 36.4 Å². The molecule has 5 heteroatoms. The van der Waals surface area contributed by atoms with Crippen LogP contribution in [0.2, 0.25) is 0 Å². The van der Waals surface area contributed by atoms with Crippen molar-refractivity contribution in [3.8, 4) is 28.3 Å². The molecule has 4 heterocycles. The van der Waals surface area contributed by atoms with E-state index >= 15 is 0 Å². The van der Waals surface area contributed by atoms with Crippen LogP contribution in [0.15, 0.2) is 144 Å². The minimum absolute atomic E-state index is 0.591. The predicted octanol–water partition coefficient (Wildman–Crippen LogP) is 11.2. The number of para-hydroxylation sites is 2. The highest BCUT2D eigenvalue weighted by Crippen LogP contribution is 2.43. The zero-order chi connectivity index (χ0) is 29.5. The number of furan rings is 1. The normalized spacial score (nSPS) is 12.0. The van der Waals surface area contributed by atoms with E-state index in [0.717, 1.165) is 38.9 Å². The summed E-state index contributed by atoms with van der Waals surface area (Å²) in [5.41, 5.74) is 7.71. The number of hydrogen-bond acceptors (Lipinski definition) is 4. The van der Waals surface area contributed by atoms with Gasteiger partial charge in [-0.3, -0.25) is 0 Å². The van der Waals surface area contributed by atoms with Crippen LogP contribution in [0.25, 0.3) is 92.4 Å². The first-order valence-electron chi connectivity index (χ1n) is 15.0. The summed E-state index contributed by atoms with van der Waals surface area (Å²) in [4.78, 5) is 10.1. The second-order valence-electron chi connectivity index (χ2n) is 11.4. The van der Waals surface area contributed by atoms with E-state index in [4.69, 9.17) is 14.4 Å². The maximum atomic E-state index is 6.32. The SMILES string of the molecule is c1ccc(-c2nc(-c3cccc(-n4c5ccccc5c5ccc6sc7ccccc7c6c54)c3)c3c(n2)oc2ccccc23)cc1.